The average molecular weight is 418 g/mol. The molecule has 0 saturated carbocycles. The van der Waals surface area contributed by atoms with E-state index in [0.717, 1.165) is 31.3 Å². The van der Waals surface area contributed by atoms with Crippen LogP contribution in [0.4, 0.5) is 5.69 Å². The Labute approximate surface area is 143 Å². The van der Waals surface area contributed by atoms with E-state index in [4.69, 9.17) is 21.1 Å². The van der Waals surface area contributed by atoms with Gasteiger partial charge in [-0.15, -0.1) is 0 Å². The number of para-hydroxylation sites is 1. The molecule has 0 aliphatic rings. The predicted molar refractivity (Wildman–Crippen MR) is 95.7 cm³/mol. The lowest BCUT2D eigenvalue weighted by Crippen LogP contribution is -2.04. The number of hydrogen-bond acceptors (Lipinski definition) is 3. The third-order valence-corrected chi connectivity index (χ3v) is 4.09. The molecule has 0 atom stereocenters. The summed E-state index contributed by atoms with van der Waals surface area (Å²) in [5, 5.41) is 4.14. The Kier molecular flexibility index (Phi) is 5.99. The molecule has 3 nitrogen and oxygen atoms in total. The van der Waals surface area contributed by atoms with Crippen molar-refractivity contribution < 1.29 is 9.47 Å². The Bertz CT molecular complexity index is 619. The molecule has 0 fully saturated rings. The number of nitrogens with one attached hydrogen (secondary N) is 1. The van der Waals surface area contributed by atoms with E-state index in [-0.39, 0.29) is 0 Å². The van der Waals surface area contributed by atoms with Gasteiger partial charge >= 0.3 is 0 Å². The molecule has 21 heavy (non-hydrogen) atoms. The summed E-state index contributed by atoms with van der Waals surface area (Å²) >= 11 is 8.23. The first kappa shape index (κ1) is 16.2. The summed E-state index contributed by atoms with van der Waals surface area (Å²) in [5.41, 5.74) is 2.10. The number of rotatable bonds is 6. The van der Waals surface area contributed by atoms with Crippen LogP contribution in [0.5, 0.6) is 11.5 Å². The Balaban J connectivity index is 2.17. The fraction of sp³-hybridized carbons (Fsp3) is 0.250. The van der Waals surface area contributed by atoms with E-state index in [2.05, 4.69) is 27.9 Å². The number of hydrogen-bond donors (Lipinski definition) is 1. The van der Waals surface area contributed by atoms with Crippen LogP contribution in [0.3, 0.4) is 0 Å². The van der Waals surface area contributed by atoms with E-state index in [1.165, 1.54) is 0 Å². The molecule has 0 aliphatic heterocycles. The first-order valence-corrected chi connectivity index (χ1v) is 8.09. The minimum atomic E-state index is 0.613. The van der Waals surface area contributed by atoms with E-state index >= 15 is 0 Å². The van der Waals surface area contributed by atoms with E-state index < -0.39 is 0 Å². The smallest absolute Gasteiger partial charge is 0.165 e. The van der Waals surface area contributed by atoms with Crippen LogP contribution < -0.4 is 14.8 Å². The normalized spacial score (nSPS) is 10.3. The Hall–Kier alpha value is -1.14. The zero-order chi connectivity index (χ0) is 15.2. The van der Waals surface area contributed by atoms with Crippen molar-refractivity contribution in [2.75, 3.05) is 19.0 Å². The highest BCUT2D eigenvalue weighted by Gasteiger charge is 2.10. The maximum Gasteiger partial charge on any atom is 0.165 e. The maximum atomic E-state index is 5.97. The molecule has 0 saturated heterocycles. The van der Waals surface area contributed by atoms with Crippen LogP contribution in [0.15, 0.2) is 36.4 Å². The van der Waals surface area contributed by atoms with Crippen LogP contribution in [0, 0.1) is 3.57 Å². The molecule has 112 valence electrons. The quantitative estimate of drug-likeness (QED) is 0.674. The van der Waals surface area contributed by atoms with Gasteiger partial charge in [-0.25, -0.2) is 0 Å². The lowest BCUT2D eigenvalue weighted by atomic mass is 10.1. The third-order valence-electron chi connectivity index (χ3n) is 2.96. The monoisotopic (exact) mass is 417 g/mol. The lowest BCUT2D eigenvalue weighted by Gasteiger charge is -2.15. The zero-order valence-electron chi connectivity index (χ0n) is 12.0. The van der Waals surface area contributed by atoms with Crippen molar-refractivity contribution in [3.05, 3.63) is 50.6 Å². The Morgan fingerprint density at radius 3 is 2.71 bits per heavy atom. The van der Waals surface area contributed by atoms with E-state index in [9.17, 15) is 0 Å². The minimum absolute atomic E-state index is 0.613. The van der Waals surface area contributed by atoms with E-state index in [0.29, 0.717) is 13.2 Å². The topological polar surface area (TPSA) is 30.5 Å². The summed E-state index contributed by atoms with van der Waals surface area (Å²) in [6.07, 6.45) is 0. The van der Waals surface area contributed by atoms with Crippen LogP contribution in [0.2, 0.25) is 5.02 Å². The summed E-state index contributed by atoms with van der Waals surface area (Å²) < 4.78 is 12.2. The van der Waals surface area contributed by atoms with Gasteiger partial charge in [-0.1, -0.05) is 23.7 Å². The standard InChI is InChI=1S/C16H17ClINO2/c1-3-21-15-6-4-5-11(16(15)20-2)10-19-14-8-7-12(17)9-13(14)18/h4-9,19H,3,10H2,1-2H3. The largest absolute Gasteiger partial charge is 0.493 e. The molecule has 0 radical (unpaired) electrons. The van der Waals surface area contributed by atoms with Gasteiger partial charge < -0.3 is 14.8 Å². The number of halogens is 2. The summed E-state index contributed by atoms with van der Waals surface area (Å²) in [6, 6.07) is 11.7. The zero-order valence-corrected chi connectivity index (χ0v) is 14.9. The fourth-order valence-corrected chi connectivity index (χ4v) is 3.09. The van der Waals surface area contributed by atoms with Crippen molar-refractivity contribution >= 4 is 39.9 Å². The summed E-state index contributed by atoms with van der Waals surface area (Å²) in [4.78, 5) is 0. The molecule has 0 aromatic heterocycles. The first-order valence-electron chi connectivity index (χ1n) is 6.63. The van der Waals surface area contributed by atoms with E-state index in [1.807, 2.05) is 43.3 Å². The molecule has 0 unspecified atom stereocenters. The molecule has 0 spiro atoms. The molecular weight excluding hydrogens is 401 g/mol. The molecule has 0 aliphatic carbocycles. The van der Waals surface area contributed by atoms with Gasteiger partial charge in [0, 0.05) is 26.4 Å². The van der Waals surface area contributed by atoms with Gasteiger partial charge in [0.15, 0.2) is 11.5 Å². The third kappa shape index (κ3) is 4.17. The van der Waals surface area contributed by atoms with Crippen molar-refractivity contribution in [2.45, 2.75) is 13.5 Å². The number of ether oxygens (including phenoxy) is 2. The van der Waals surface area contributed by atoms with Crippen molar-refractivity contribution in [1.29, 1.82) is 0 Å². The van der Waals surface area contributed by atoms with Crippen molar-refractivity contribution in [1.82, 2.24) is 0 Å². The second-order valence-electron chi connectivity index (χ2n) is 4.36. The predicted octanol–water partition coefficient (Wildman–Crippen LogP) is 4.96. The number of benzene rings is 2. The second-order valence-corrected chi connectivity index (χ2v) is 5.96. The average Bonchev–Trinajstić information content (AvgIpc) is 2.47. The van der Waals surface area contributed by atoms with Gasteiger partial charge in [0.05, 0.1) is 13.7 Å². The Morgan fingerprint density at radius 2 is 2.05 bits per heavy atom. The van der Waals surface area contributed by atoms with Gasteiger partial charge in [0.25, 0.3) is 0 Å². The minimum Gasteiger partial charge on any atom is -0.493 e. The van der Waals surface area contributed by atoms with Crippen LogP contribution in [-0.4, -0.2) is 13.7 Å². The Morgan fingerprint density at radius 1 is 1.24 bits per heavy atom. The number of methoxy groups -OCH3 is 1. The van der Waals surface area contributed by atoms with Crippen molar-refractivity contribution in [3.8, 4) is 11.5 Å². The van der Waals surface area contributed by atoms with Gasteiger partial charge in [-0.3, -0.25) is 0 Å². The second kappa shape index (κ2) is 7.75. The fourth-order valence-electron chi connectivity index (χ4n) is 2.02. The molecule has 1 N–H and O–H groups in total. The van der Waals surface area contributed by atoms with Crippen LogP contribution in [0.25, 0.3) is 0 Å². The molecule has 2 aromatic rings. The highest BCUT2D eigenvalue weighted by atomic mass is 127. The highest BCUT2D eigenvalue weighted by molar-refractivity contribution is 14.1. The molecule has 0 bridgehead atoms. The van der Waals surface area contributed by atoms with Crippen LogP contribution >= 0.6 is 34.2 Å². The van der Waals surface area contributed by atoms with Crippen LogP contribution in [0.1, 0.15) is 12.5 Å². The summed E-state index contributed by atoms with van der Waals surface area (Å²) in [7, 11) is 1.66. The lowest BCUT2D eigenvalue weighted by molar-refractivity contribution is 0.309. The number of anilines is 1. The van der Waals surface area contributed by atoms with Gasteiger partial charge in [-0.05, 0) is 53.8 Å². The van der Waals surface area contributed by atoms with Crippen molar-refractivity contribution in [3.63, 3.8) is 0 Å². The van der Waals surface area contributed by atoms with E-state index in [1.54, 1.807) is 7.11 Å². The maximum absolute atomic E-state index is 5.97. The van der Waals surface area contributed by atoms with Gasteiger partial charge in [0.1, 0.15) is 0 Å². The summed E-state index contributed by atoms with van der Waals surface area (Å²) in [5.74, 6) is 1.54. The molecule has 2 rings (SSSR count). The van der Waals surface area contributed by atoms with Gasteiger partial charge in [-0.2, -0.15) is 0 Å². The molecule has 5 heteroatoms. The SMILES string of the molecule is CCOc1cccc(CNc2ccc(Cl)cc2I)c1OC. The molecule has 0 amide bonds. The molecule has 0 heterocycles. The van der Waals surface area contributed by atoms with Crippen molar-refractivity contribution in [2.24, 2.45) is 0 Å². The van der Waals surface area contributed by atoms with Crippen LogP contribution in [-0.2, 0) is 6.54 Å². The summed E-state index contributed by atoms with van der Waals surface area (Å²) in [6.45, 7) is 3.23. The molecular formula is C16H17ClINO2. The van der Waals surface area contributed by atoms with Gasteiger partial charge in [0.2, 0.25) is 0 Å². The molecule has 2 aromatic carbocycles. The first-order chi connectivity index (χ1) is 10.2. The highest BCUT2D eigenvalue weighted by Crippen LogP contribution is 2.32.